The van der Waals surface area contributed by atoms with E-state index in [4.69, 9.17) is 11.6 Å². The van der Waals surface area contributed by atoms with Gasteiger partial charge in [-0.1, -0.05) is 30.3 Å². The SMILES string of the molecule is ClC[C@H](Cc1cnc[nH]1)[NH2+]Cc1ccccc1. The van der Waals surface area contributed by atoms with Crippen LogP contribution in [0.2, 0.25) is 0 Å². The number of nitrogens with one attached hydrogen (secondary N) is 1. The summed E-state index contributed by atoms with van der Waals surface area (Å²) in [6, 6.07) is 10.8. The molecule has 90 valence electrons. The van der Waals surface area contributed by atoms with Crippen LogP contribution in [-0.2, 0) is 13.0 Å². The summed E-state index contributed by atoms with van der Waals surface area (Å²) in [5.41, 5.74) is 2.46. The molecule has 0 aliphatic heterocycles. The molecule has 4 heteroatoms. The molecule has 0 fully saturated rings. The predicted molar refractivity (Wildman–Crippen MR) is 68.9 cm³/mol. The summed E-state index contributed by atoms with van der Waals surface area (Å²) in [4.78, 5) is 7.13. The van der Waals surface area contributed by atoms with Gasteiger partial charge < -0.3 is 10.3 Å². The predicted octanol–water partition coefficient (Wildman–Crippen LogP) is 1.32. The lowest BCUT2D eigenvalue weighted by molar-refractivity contribution is -0.700. The van der Waals surface area contributed by atoms with Gasteiger partial charge in [-0.25, -0.2) is 4.98 Å². The molecule has 1 aromatic carbocycles. The van der Waals surface area contributed by atoms with E-state index in [2.05, 4.69) is 39.6 Å². The van der Waals surface area contributed by atoms with Gasteiger partial charge in [0.05, 0.1) is 12.2 Å². The number of hydrogen-bond acceptors (Lipinski definition) is 1. The van der Waals surface area contributed by atoms with Crippen LogP contribution < -0.4 is 5.32 Å². The van der Waals surface area contributed by atoms with Crippen molar-refractivity contribution in [1.29, 1.82) is 0 Å². The third kappa shape index (κ3) is 3.88. The van der Waals surface area contributed by atoms with E-state index in [0.717, 1.165) is 18.7 Å². The molecule has 3 N–H and O–H groups in total. The fraction of sp³-hybridized carbons (Fsp3) is 0.308. The van der Waals surface area contributed by atoms with Crippen LogP contribution in [0, 0.1) is 0 Å². The average molecular weight is 251 g/mol. The van der Waals surface area contributed by atoms with Crippen LogP contribution in [-0.4, -0.2) is 21.9 Å². The van der Waals surface area contributed by atoms with E-state index in [1.54, 1.807) is 6.33 Å². The number of hydrogen-bond donors (Lipinski definition) is 2. The number of aromatic nitrogens is 2. The number of quaternary nitrogens is 1. The van der Waals surface area contributed by atoms with E-state index < -0.39 is 0 Å². The summed E-state index contributed by atoms with van der Waals surface area (Å²) >= 11 is 5.99. The summed E-state index contributed by atoms with van der Waals surface area (Å²) < 4.78 is 0. The molecule has 0 aliphatic rings. The molecule has 0 saturated heterocycles. The first-order chi connectivity index (χ1) is 8.38. The maximum absolute atomic E-state index is 5.99. The zero-order valence-corrected chi connectivity index (χ0v) is 10.4. The number of H-pyrrole nitrogens is 1. The van der Waals surface area contributed by atoms with Crippen molar-refractivity contribution in [3.05, 3.63) is 54.1 Å². The average Bonchev–Trinajstić information content (AvgIpc) is 2.88. The summed E-state index contributed by atoms with van der Waals surface area (Å²) in [6.45, 7) is 0.965. The van der Waals surface area contributed by atoms with Crippen LogP contribution >= 0.6 is 11.6 Å². The number of nitrogens with two attached hydrogens (primary N) is 1. The largest absolute Gasteiger partial charge is 0.348 e. The van der Waals surface area contributed by atoms with Gasteiger partial charge >= 0.3 is 0 Å². The van der Waals surface area contributed by atoms with Gasteiger partial charge in [0.2, 0.25) is 0 Å². The van der Waals surface area contributed by atoms with Gasteiger partial charge in [-0.15, -0.1) is 11.6 Å². The van der Waals surface area contributed by atoms with Crippen LogP contribution in [0.5, 0.6) is 0 Å². The lowest BCUT2D eigenvalue weighted by atomic mass is 10.1. The van der Waals surface area contributed by atoms with E-state index in [1.165, 1.54) is 5.56 Å². The van der Waals surface area contributed by atoms with Crippen molar-refractivity contribution in [2.24, 2.45) is 0 Å². The summed E-state index contributed by atoms with van der Waals surface area (Å²) in [6.07, 6.45) is 4.49. The Labute approximate surface area is 106 Å². The van der Waals surface area contributed by atoms with Crippen molar-refractivity contribution < 1.29 is 5.32 Å². The van der Waals surface area contributed by atoms with Gasteiger partial charge in [0.1, 0.15) is 12.6 Å². The number of alkyl halides is 1. The molecule has 0 aliphatic carbocycles. The molecular weight excluding hydrogens is 234 g/mol. The highest BCUT2D eigenvalue weighted by molar-refractivity contribution is 6.18. The third-order valence-corrected chi connectivity index (χ3v) is 3.16. The van der Waals surface area contributed by atoms with Crippen molar-refractivity contribution in [1.82, 2.24) is 9.97 Å². The lowest BCUT2D eigenvalue weighted by Gasteiger charge is -2.11. The van der Waals surface area contributed by atoms with E-state index >= 15 is 0 Å². The Hall–Kier alpha value is -1.32. The number of benzene rings is 1. The van der Waals surface area contributed by atoms with Gasteiger partial charge in [0, 0.05) is 23.9 Å². The Balaban J connectivity index is 1.84. The molecule has 1 atom stereocenters. The molecule has 0 unspecified atom stereocenters. The highest BCUT2D eigenvalue weighted by Crippen LogP contribution is 1.98. The third-order valence-electron chi connectivity index (χ3n) is 2.76. The zero-order chi connectivity index (χ0) is 11.9. The van der Waals surface area contributed by atoms with Crippen molar-refractivity contribution in [3.8, 4) is 0 Å². The first kappa shape index (κ1) is 12.1. The molecular formula is C13H17ClN3+. The minimum absolute atomic E-state index is 0.386. The first-order valence-corrected chi connectivity index (χ1v) is 6.32. The lowest BCUT2D eigenvalue weighted by Crippen LogP contribution is -2.89. The quantitative estimate of drug-likeness (QED) is 0.747. The maximum atomic E-state index is 5.99. The van der Waals surface area contributed by atoms with Gasteiger partial charge in [-0.2, -0.15) is 0 Å². The first-order valence-electron chi connectivity index (χ1n) is 5.79. The van der Waals surface area contributed by atoms with Crippen LogP contribution in [0.3, 0.4) is 0 Å². The zero-order valence-electron chi connectivity index (χ0n) is 9.64. The smallest absolute Gasteiger partial charge is 0.105 e. The highest BCUT2D eigenvalue weighted by atomic mass is 35.5. The van der Waals surface area contributed by atoms with Crippen LogP contribution in [0.1, 0.15) is 11.3 Å². The van der Waals surface area contributed by atoms with Crippen LogP contribution in [0.25, 0.3) is 0 Å². The van der Waals surface area contributed by atoms with E-state index in [9.17, 15) is 0 Å². The Kier molecular flexibility index (Phi) is 4.59. The van der Waals surface area contributed by atoms with Crippen LogP contribution in [0.15, 0.2) is 42.9 Å². The summed E-state index contributed by atoms with van der Waals surface area (Å²) in [5.74, 6) is 0.645. The Morgan fingerprint density at radius 1 is 1.29 bits per heavy atom. The van der Waals surface area contributed by atoms with Gasteiger partial charge in [-0.05, 0) is 0 Å². The molecule has 2 aromatic rings. The summed E-state index contributed by atoms with van der Waals surface area (Å²) in [7, 11) is 0. The molecule has 0 bridgehead atoms. The molecule has 0 amide bonds. The van der Waals surface area contributed by atoms with Crippen molar-refractivity contribution in [2.45, 2.75) is 19.0 Å². The molecule has 3 nitrogen and oxygen atoms in total. The Morgan fingerprint density at radius 2 is 2.12 bits per heavy atom. The second-order valence-electron chi connectivity index (χ2n) is 4.12. The summed E-state index contributed by atoms with van der Waals surface area (Å²) in [5, 5.41) is 2.28. The number of rotatable bonds is 6. The molecule has 0 radical (unpaired) electrons. The van der Waals surface area contributed by atoms with E-state index in [1.807, 2.05) is 12.3 Å². The topological polar surface area (TPSA) is 45.3 Å². The van der Waals surface area contributed by atoms with Gasteiger partial charge in [0.25, 0.3) is 0 Å². The number of imidazole rings is 1. The standard InChI is InChI=1S/C13H16ClN3/c14-7-12(6-13-9-15-10-17-13)16-8-11-4-2-1-3-5-11/h1-5,9-10,12,16H,6-8H2,(H,15,17)/p+1/t12-/m0/s1. The Bertz CT molecular complexity index is 413. The minimum Gasteiger partial charge on any atom is -0.348 e. The number of nitrogens with zero attached hydrogens (tertiary/aromatic N) is 1. The van der Waals surface area contributed by atoms with Gasteiger partial charge in [-0.3, -0.25) is 0 Å². The fourth-order valence-electron chi connectivity index (χ4n) is 1.80. The molecule has 17 heavy (non-hydrogen) atoms. The van der Waals surface area contributed by atoms with Crippen molar-refractivity contribution >= 4 is 11.6 Å². The molecule has 1 heterocycles. The molecule has 1 aromatic heterocycles. The second-order valence-corrected chi connectivity index (χ2v) is 4.43. The minimum atomic E-state index is 0.386. The maximum Gasteiger partial charge on any atom is 0.105 e. The van der Waals surface area contributed by atoms with E-state index in [0.29, 0.717) is 11.9 Å². The van der Waals surface area contributed by atoms with Crippen molar-refractivity contribution in [2.75, 3.05) is 5.88 Å². The monoisotopic (exact) mass is 250 g/mol. The number of aromatic amines is 1. The highest BCUT2D eigenvalue weighted by Gasteiger charge is 2.12. The van der Waals surface area contributed by atoms with Gasteiger partial charge in [0.15, 0.2) is 0 Å². The molecule has 0 spiro atoms. The Morgan fingerprint density at radius 3 is 2.76 bits per heavy atom. The second kappa shape index (κ2) is 6.42. The molecule has 2 rings (SSSR count). The normalized spacial score (nSPS) is 12.5. The molecule has 0 saturated carbocycles. The van der Waals surface area contributed by atoms with Crippen LogP contribution in [0.4, 0.5) is 0 Å². The van der Waals surface area contributed by atoms with E-state index in [-0.39, 0.29) is 0 Å². The van der Waals surface area contributed by atoms with Crippen molar-refractivity contribution in [3.63, 3.8) is 0 Å². The number of halogens is 1. The fourth-order valence-corrected chi connectivity index (χ4v) is 2.03.